The molecule has 0 unspecified atom stereocenters. The fraction of sp³-hybridized carbons (Fsp3) is 1.00. The summed E-state index contributed by atoms with van der Waals surface area (Å²) in [4.78, 5) is 0. The largest absolute Gasteiger partial charge is 0.299 e. The van der Waals surface area contributed by atoms with Gasteiger partial charge in [0.2, 0.25) is 15.5 Å². The van der Waals surface area contributed by atoms with Gasteiger partial charge in [-0.3, -0.25) is 0 Å². The first-order valence-corrected chi connectivity index (χ1v) is 10.6. The van der Waals surface area contributed by atoms with Crippen molar-refractivity contribution in [2.75, 3.05) is 39.3 Å². The lowest BCUT2D eigenvalue weighted by Crippen LogP contribution is -2.42. The quantitative estimate of drug-likeness (QED) is 0.591. The van der Waals surface area contributed by atoms with Crippen LogP contribution in [0.25, 0.3) is 0 Å². The van der Waals surface area contributed by atoms with Crippen LogP contribution in [-0.2, 0) is 0 Å². The van der Waals surface area contributed by atoms with Gasteiger partial charge in [0.25, 0.3) is 6.42 Å². The molecular formula is C12H30BrN3P+. The number of rotatable bonds is 9. The Morgan fingerprint density at radius 2 is 0.765 bits per heavy atom. The van der Waals surface area contributed by atoms with Gasteiger partial charge in [-0.15, -0.1) is 14.0 Å². The van der Waals surface area contributed by atoms with Gasteiger partial charge >= 0.3 is 0 Å². The minimum Gasteiger partial charge on any atom is -0.140 e. The zero-order chi connectivity index (χ0) is 13.5. The lowest BCUT2D eigenvalue weighted by Gasteiger charge is -2.41. The highest BCUT2D eigenvalue weighted by Crippen LogP contribution is 2.73. The van der Waals surface area contributed by atoms with Crippen molar-refractivity contribution in [2.45, 2.75) is 41.5 Å². The van der Waals surface area contributed by atoms with E-state index in [1.54, 1.807) is 0 Å². The molecule has 17 heavy (non-hydrogen) atoms. The van der Waals surface area contributed by atoms with Crippen LogP contribution in [0.2, 0.25) is 0 Å². The third kappa shape index (κ3) is 3.87. The van der Waals surface area contributed by atoms with E-state index < -0.39 is 6.42 Å². The average molecular weight is 327 g/mol. The predicted molar refractivity (Wildman–Crippen MR) is 84.6 cm³/mol. The summed E-state index contributed by atoms with van der Waals surface area (Å²) < 4.78 is 7.77. The Labute approximate surface area is 117 Å². The van der Waals surface area contributed by atoms with E-state index in [2.05, 4.69) is 71.0 Å². The van der Waals surface area contributed by atoms with Crippen molar-refractivity contribution in [3.05, 3.63) is 0 Å². The Kier molecular flexibility index (Phi) is 9.23. The monoisotopic (exact) mass is 326 g/mol. The predicted octanol–water partition coefficient (Wildman–Crippen LogP) is 4.08. The van der Waals surface area contributed by atoms with Crippen molar-refractivity contribution in [1.82, 2.24) is 14.0 Å². The molecule has 0 aliphatic carbocycles. The van der Waals surface area contributed by atoms with Gasteiger partial charge in [-0.25, -0.2) is 0 Å². The van der Waals surface area contributed by atoms with Gasteiger partial charge in [0.05, 0.1) is 0 Å². The molecule has 0 heterocycles. The maximum absolute atomic E-state index is 4.13. The molecule has 0 aromatic rings. The second-order valence-corrected chi connectivity index (χ2v) is 9.45. The van der Waals surface area contributed by atoms with E-state index >= 15 is 0 Å². The molecule has 0 saturated carbocycles. The second kappa shape index (κ2) is 8.82. The Bertz CT molecular complexity index is 161. The van der Waals surface area contributed by atoms with Crippen LogP contribution >= 0.6 is 21.9 Å². The van der Waals surface area contributed by atoms with E-state index in [0.717, 1.165) is 39.3 Å². The first-order chi connectivity index (χ1) is 8.06. The molecular weight excluding hydrogens is 297 g/mol. The topological polar surface area (TPSA) is 9.72 Å². The van der Waals surface area contributed by atoms with Gasteiger partial charge in [0, 0.05) is 39.3 Å². The fourth-order valence-corrected chi connectivity index (χ4v) is 9.56. The second-order valence-electron chi connectivity index (χ2n) is 3.91. The van der Waals surface area contributed by atoms with Crippen LogP contribution in [0.1, 0.15) is 41.5 Å². The number of hydrogen-bond donors (Lipinski definition) is 0. The first kappa shape index (κ1) is 17.8. The van der Waals surface area contributed by atoms with E-state index in [1.165, 1.54) is 0 Å². The molecule has 0 atom stereocenters. The van der Waals surface area contributed by atoms with Crippen molar-refractivity contribution in [3.8, 4) is 0 Å². The first-order valence-electron chi connectivity index (χ1n) is 6.91. The van der Waals surface area contributed by atoms with Crippen LogP contribution in [0.3, 0.4) is 0 Å². The molecule has 0 radical (unpaired) electrons. The van der Waals surface area contributed by atoms with Crippen LogP contribution in [0.5, 0.6) is 0 Å². The zero-order valence-electron chi connectivity index (χ0n) is 12.4. The van der Waals surface area contributed by atoms with Gasteiger partial charge in [-0.1, -0.05) is 0 Å². The highest BCUT2D eigenvalue weighted by atomic mass is 79.9. The molecule has 104 valence electrons. The van der Waals surface area contributed by atoms with Crippen LogP contribution in [0.15, 0.2) is 0 Å². The van der Waals surface area contributed by atoms with Gasteiger partial charge in [0.1, 0.15) is 0 Å². The standard InChI is InChI=1S/C12H30BrN3P/c1-7-14(8-2)17(13,15(9-3)10-4)16(11-5)12-6/h7-12H2,1-6H3/q+1. The molecule has 3 nitrogen and oxygen atoms in total. The summed E-state index contributed by atoms with van der Waals surface area (Å²) in [6.07, 6.45) is -1.49. The van der Waals surface area contributed by atoms with Crippen LogP contribution in [-0.4, -0.2) is 53.3 Å². The number of hydrogen-bond acceptors (Lipinski definition) is 3. The number of halogens is 1. The third-order valence-electron chi connectivity index (χ3n) is 3.27. The smallest absolute Gasteiger partial charge is 0.140 e. The van der Waals surface area contributed by atoms with E-state index in [1.807, 2.05) is 0 Å². The summed E-state index contributed by atoms with van der Waals surface area (Å²) in [5.41, 5.74) is 0. The Morgan fingerprint density at radius 3 is 0.882 bits per heavy atom. The van der Waals surface area contributed by atoms with Gasteiger partial charge in [0.15, 0.2) is 0 Å². The zero-order valence-corrected chi connectivity index (χ0v) is 14.9. The molecule has 0 fully saturated rings. The fourth-order valence-electron chi connectivity index (χ4n) is 2.29. The minimum atomic E-state index is -1.49. The molecule has 0 bridgehead atoms. The van der Waals surface area contributed by atoms with Gasteiger partial charge < -0.3 is 0 Å². The summed E-state index contributed by atoms with van der Waals surface area (Å²) in [7, 11) is 0. The normalized spacial score (nSPS) is 13.1. The van der Waals surface area contributed by atoms with E-state index in [0.29, 0.717) is 0 Å². The molecule has 0 spiro atoms. The van der Waals surface area contributed by atoms with Gasteiger partial charge in [-0.05, 0) is 41.5 Å². The molecule has 0 amide bonds. The third-order valence-corrected chi connectivity index (χ3v) is 11.2. The molecule has 0 saturated heterocycles. The van der Waals surface area contributed by atoms with Crippen molar-refractivity contribution < 1.29 is 0 Å². The highest BCUT2D eigenvalue weighted by Gasteiger charge is 2.52. The molecule has 0 N–H and O–H groups in total. The van der Waals surface area contributed by atoms with Crippen LogP contribution in [0.4, 0.5) is 0 Å². The van der Waals surface area contributed by atoms with Crippen LogP contribution in [0, 0.1) is 0 Å². The van der Waals surface area contributed by atoms with Gasteiger partial charge in [-0.2, -0.15) is 0 Å². The molecule has 0 rings (SSSR count). The Morgan fingerprint density at radius 1 is 0.588 bits per heavy atom. The van der Waals surface area contributed by atoms with E-state index in [9.17, 15) is 0 Å². The summed E-state index contributed by atoms with van der Waals surface area (Å²) in [6.45, 7) is 20.1. The maximum atomic E-state index is 4.13. The molecule has 0 aliphatic heterocycles. The van der Waals surface area contributed by atoms with Crippen molar-refractivity contribution in [1.29, 1.82) is 0 Å². The highest BCUT2D eigenvalue weighted by molar-refractivity contribution is 9.41. The summed E-state index contributed by atoms with van der Waals surface area (Å²) in [5.74, 6) is 0. The summed E-state index contributed by atoms with van der Waals surface area (Å²) in [5, 5.41) is 0. The maximum Gasteiger partial charge on any atom is 0.299 e. The molecule has 0 aromatic heterocycles. The molecule has 5 heteroatoms. The SMILES string of the molecule is CCN(CC)[P+](Br)(N(CC)CC)N(CC)CC. The molecule has 0 aromatic carbocycles. The van der Waals surface area contributed by atoms with E-state index in [4.69, 9.17) is 0 Å². The minimum absolute atomic E-state index is 1.10. The summed E-state index contributed by atoms with van der Waals surface area (Å²) in [6, 6.07) is 0. The summed E-state index contributed by atoms with van der Waals surface area (Å²) >= 11 is 4.13. The number of nitrogens with zero attached hydrogens (tertiary/aromatic N) is 3. The molecule has 0 aliphatic rings. The van der Waals surface area contributed by atoms with Crippen molar-refractivity contribution in [3.63, 3.8) is 0 Å². The average Bonchev–Trinajstić information content (AvgIpc) is 2.33. The van der Waals surface area contributed by atoms with E-state index in [-0.39, 0.29) is 0 Å². The van der Waals surface area contributed by atoms with Crippen molar-refractivity contribution in [2.24, 2.45) is 0 Å². The lowest BCUT2D eigenvalue weighted by atomic mass is 10.7. The van der Waals surface area contributed by atoms with Crippen LogP contribution < -0.4 is 0 Å². The Hall–Kier alpha value is 0.790. The Balaban J connectivity index is 5.29. The lowest BCUT2D eigenvalue weighted by molar-refractivity contribution is 0.347. The van der Waals surface area contributed by atoms with Crippen molar-refractivity contribution >= 4 is 21.9 Å².